The summed E-state index contributed by atoms with van der Waals surface area (Å²) >= 11 is 0. The Bertz CT molecular complexity index is 369. The molecule has 1 aromatic rings. The third kappa shape index (κ3) is 3.59. The number of hydrogen-bond donors (Lipinski definition) is 3. The fraction of sp³-hybridized carbons (Fsp3) is 0.250. The molecule has 5 N–H and O–H groups in total. The predicted molar refractivity (Wildman–Crippen MR) is 52.6 cm³/mol. The van der Waals surface area contributed by atoms with Crippen LogP contribution in [0, 0.1) is 0 Å². The van der Waals surface area contributed by atoms with Crippen LogP contribution in [-0.4, -0.2) is 34.4 Å². The smallest absolute Gasteiger partial charge is 0.268 e. The number of nitrogens with one attached hydrogen (secondary N) is 1. The van der Waals surface area contributed by atoms with Gasteiger partial charge < -0.3 is 11.5 Å². The van der Waals surface area contributed by atoms with Crippen LogP contribution in [0.2, 0.25) is 0 Å². The molecule has 2 heterocycles. The van der Waals surface area contributed by atoms with Crippen LogP contribution in [-0.2, 0) is 9.63 Å². The molecule has 0 bridgehead atoms. The molecule has 1 aromatic heterocycles. The Morgan fingerprint density at radius 1 is 1.56 bits per heavy atom. The number of amides is 2. The van der Waals surface area contributed by atoms with E-state index in [1.54, 1.807) is 0 Å². The normalized spacial score (nSPS) is 18.3. The summed E-state index contributed by atoms with van der Waals surface area (Å²) in [5.74, 6) is -0.789. The van der Waals surface area contributed by atoms with Gasteiger partial charge in [-0.2, -0.15) is 0 Å². The maximum Gasteiger partial charge on any atom is 0.268 e. The largest absolute Gasteiger partial charge is 0.364 e. The van der Waals surface area contributed by atoms with Crippen LogP contribution < -0.4 is 16.9 Å². The molecule has 1 aliphatic heterocycles. The van der Waals surface area contributed by atoms with Gasteiger partial charge in [0.05, 0.1) is 12.8 Å². The molecule has 8 heteroatoms. The zero-order valence-corrected chi connectivity index (χ0v) is 8.29. The molecule has 0 radical (unpaired) electrons. The third-order valence-corrected chi connectivity index (χ3v) is 1.59. The SMILES string of the molecule is NC(=O)c1cnccn1.NC1CONC1=O. The topological polar surface area (TPSA) is 133 Å². The van der Waals surface area contributed by atoms with E-state index in [9.17, 15) is 9.59 Å². The standard InChI is InChI=1S/C5H5N3O.C3H6N2O2/c6-5(9)4-3-7-1-2-8-4;4-2-1-7-5-3(2)6/h1-3H,(H2,6,9);2H,1,4H2,(H,5,6). The molecule has 1 aliphatic rings. The van der Waals surface area contributed by atoms with Gasteiger partial charge in [0.1, 0.15) is 11.7 Å². The van der Waals surface area contributed by atoms with Crippen molar-refractivity contribution in [3.63, 3.8) is 0 Å². The molecule has 2 amide bonds. The number of rotatable bonds is 1. The highest BCUT2D eigenvalue weighted by atomic mass is 16.7. The van der Waals surface area contributed by atoms with E-state index >= 15 is 0 Å². The molecule has 0 aromatic carbocycles. The lowest BCUT2D eigenvalue weighted by atomic mass is 10.3. The van der Waals surface area contributed by atoms with Gasteiger partial charge in [-0.3, -0.25) is 19.4 Å². The van der Waals surface area contributed by atoms with Crippen molar-refractivity contribution >= 4 is 11.8 Å². The van der Waals surface area contributed by atoms with Crippen molar-refractivity contribution in [3.8, 4) is 0 Å². The number of aromatic nitrogens is 2. The maximum absolute atomic E-state index is 10.3. The van der Waals surface area contributed by atoms with Crippen molar-refractivity contribution in [2.24, 2.45) is 11.5 Å². The third-order valence-electron chi connectivity index (χ3n) is 1.59. The first-order valence-corrected chi connectivity index (χ1v) is 4.34. The molecule has 0 aliphatic carbocycles. The Labute approximate surface area is 91.0 Å². The number of carbonyl (C=O) groups is 2. The first kappa shape index (κ1) is 12.0. The lowest BCUT2D eigenvalue weighted by Crippen LogP contribution is -2.31. The van der Waals surface area contributed by atoms with Crippen LogP contribution in [0.4, 0.5) is 0 Å². The van der Waals surface area contributed by atoms with Crippen LogP contribution >= 0.6 is 0 Å². The summed E-state index contributed by atoms with van der Waals surface area (Å²) in [6, 6.07) is -0.458. The van der Waals surface area contributed by atoms with Crippen LogP contribution in [0.25, 0.3) is 0 Å². The van der Waals surface area contributed by atoms with Gasteiger partial charge in [-0.05, 0) is 0 Å². The number of nitrogens with zero attached hydrogens (tertiary/aromatic N) is 2. The highest BCUT2D eigenvalue weighted by Gasteiger charge is 2.19. The van der Waals surface area contributed by atoms with Crippen molar-refractivity contribution in [3.05, 3.63) is 24.3 Å². The molecule has 8 nitrogen and oxygen atoms in total. The molecule has 2 rings (SSSR count). The molecular formula is C8H11N5O3. The predicted octanol–water partition coefficient (Wildman–Crippen LogP) is -2.05. The van der Waals surface area contributed by atoms with Crippen molar-refractivity contribution in [2.45, 2.75) is 6.04 Å². The van der Waals surface area contributed by atoms with E-state index in [1.807, 2.05) is 0 Å². The van der Waals surface area contributed by atoms with E-state index in [-0.39, 0.29) is 11.6 Å². The second kappa shape index (κ2) is 5.73. The minimum atomic E-state index is -0.553. The number of hydrogen-bond acceptors (Lipinski definition) is 6. The number of hydroxylamine groups is 1. The Balaban J connectivity index is 0.000000165. The summed E-state index contributed by atoms with van der Waals surface area (Å²) < 4.78 is 0. The molecule has 16 heavy (non-hydrogen) atoms. The minimum Gasteiger partial charge on any atom is -0.364 e. The van der Waals surface area contributed by atoms with Crippen LogP contribution in [0.1, 0.15) is 10.5 Å². The van der Waals surface area contributed by atoms with Gasteiger partial charge in [0.15, 0.2) is 0 Å². The average molecular weight is 225 g/mol. The lowest BCUT2D eigenvalue weighted by molar-refractivity contribution is -0.124. The molecule has 86 valence electrons. The first-order chi connectivity index (χ1) is 7.61. The van der Waals surface area contributed by atoms with E-state index < -0.39 is 11.9 Å². The average Bonchev–Trinajstić information content (AvgIpc) is 2.65. The highest BCUT2D eigenvalue weighted by molar-refractivity contribution is 5.90. The van der Waals surface area contributed by atoms with Crippen molar-refractivity contribution in [1.82, 2.24) is 15.4 Å². The Hall–Kier alpha value is -2.06. The van der Waals surface area contributed by atoms with Crippen molar-refractivity contribution in [1.29, 1.82) is 0 Å². The summed E-state index contributed by atoms with van der Waals surface area (Å²) in [6.45, 7) is 0.291. The van der Waals surface area contributed by atoms with E-state index in [4.69, 9.17) is 11.5 Å². The maximum atomic E-state index is 10.3. The number of nitrogens with two attached hydrogens (primary N) is 2. The van der Waals surface area contributed by atoms with Gasteiger partial charge in [0, 0.05) is 12.4 Å². The summed E-state index contributed by atoms with van der Waals surface area (Å²) in [6.07, 6.45) is 4.22. The molecule has 1 atom stereocenters. The van der Waals surface area contributed by atoms with E-state index in [0.717, 1.165) is 0 Å². The highest BCUT2D eigenvalue weighted by Crippen LogP contribution is 1.87. The Morgan fingerprint density at radius 3 is 2.56 bits per heavy atom. The zero-order chi connectivity index (χ0) is 12.0. The molecule has 0 saturated carbocycles. The molecule has 0 spiro atoms. The van der Waals surface area contributed by atoms with Gasteiger partial charge in [-0.25, -0.2) is 10.5 Å². The lowest BCUT2D eigenvalue weighted by Gasteiger charge is -1.87. The second-order valence-electron chi connectivity index (χ2n) is 2.84. The molecule has 1 saturated heterocycles. The first-order valence-electron chi connectivity index (χ1n) is 4.34. The second-order valence-corrected chi connectivity index (χ2v) is 2.84. The Kier molecular flexibility index (Phi) is 4.30. The fourth-order valence-corrected chi connectivity index (χ4v) is 0.780. The van der Waals surface area contributed by atoms with E-state index in [1.165, 1.54) is 18.6 Å². The van der Waals surface area contributed by atoms with Gasteiger partial charge in [0.2, 0.25) is 0 Å². The van der Waals surface area contributed by atoms with E-state index in [2.05, 4.69) is 20.3 Å². The quantitative estimate of drug-likeness (QED) is 0.503. The Morgan fingerprint density at radius 2 is 2.31 bits per heavy atom. The van der Waals surface area contributed by atoms with Gasteiger partial charge >= 0.3 is 0 Å². The number of primary amides is 1. The van der Waals surface area contributed by atoms with Crippen molar-refractivity contribution < 1.29 is 14.4 Å². The zero-order valence-electron chi connectivity index (χ0n) is 8.29. The van der Waals surface area contributed by atoms with Crippen molar-refractivity contribution in [2.75, 3.05) is 6.61 Å². The molecular weight excluding hydrogens is 214 g/mol. The summed E-state index contributed by atoms with van der Waals surface area (Å²) in [5.41, 5.74) is 12.3. The van der Waals surface area contributed by atoms with Gasteiger partial charge in [0.25, 0.3) is 11.8 Å². The van der Waals surface area contributed by atoms with Crippen LogP contribution in [0.5, 0.6) is 0 Å². The molecule has 1 unspecified atom stereocenters. The molecule has 1 fully saturated rings. The fourth-order valence-electron chi connectivity index (χ4n) is 0.780. The van der Waals surface area contributed by atoms with Crippen LogP contribution in [0.3, 0.4) is 0 Å². The van der Waals surface area contributed by atoms with Crippen LogP contribution in [0.15, 0.2) is 18.6 Å². The minimum absolute atomic E-state index is 0.192. The van der Waals surface area contributed by atoms with E-state index in [0.29, 0.717) is 6.61 Å². The monoisotopic (exact) mass is 225 g/mol. The van der Waals surface area contributed by atoms with Gasteiger partial charge in [-0.15, -0.1) is 0 Å². The number of carbonyl (C=O) groups excluding carboxylic acids is 2. The summed E-state index contributed by atoms with van der Waals surface area (Å²) in [4.78, 5) is 32.3. The summed E-state index contributed by atoms with van der Waals surface area (Å²) in [7, 11) is 0. The van der Waals surface area contributed by atoms with Gasteiger partial charge in [-0.1, -0.05) is 0 Å². The summed E-state index contributed by atoms with van der Waals surface area (Å²) in [5, 5.41) is 0.